The van der Waals surface area contributed by atoms with Gasteiger partial charge in [0.1, 0.15) is 17.5 Å². The van der Waals surface area contributed by atoms with Crippen LogP contribution in [0.2, 0.25) is 0 Å². The Morgan fingerprint density at radius 3 is 2.57 bits per heavy atom. The molecule has 28 heavy (non-hydrogen) atoms. The third kappa shape index (κ3) is 3.20. The Bertz CT molecular complexity index is 906. The first-order chi connectivity index (χ1) is 13.4. The molecule has 2 aliphatic rings. The van der Waals surface area contributed by atoms with Crippen molar-refractivity contribution < 1.29 is 19.4 Å². The number of carbonyl (C=O) groups excluding carboxylic acids is 2. The molecule has 0 unspecified atom stereocenters. The smallest absolute Gasteiger partial charge is 0.223 e. The lowest BCUT2D eigenvalue weighted by molar-refractivity contribution is -0.147. The van der Waals surface area contributed by atoms with E-state index in [-0.39, 0.29) is 11.7 Å². The number of carbonyl (C=O) groups is 2. The van der Waals surface area contributed by atoms with Gasteiger partial charge in [-0.2, -0.15) is 0 Å². The largest absolute Gasteiger partial charge is 0.485 e. The van der Waals surface area contributed by atoms with Crippen molar-refractivity contribution in [3.8, 4) is 5.75 Å². The van der Waals surface area contributed by atoms with E-state index >= 15 is 0 Å². The summed E-state index contributed by atoms with van der Waals surface area (Å²) in [6, 6.07) is 13.9. The van der Waals surface area contributed by atoms with Gasteiger partial charge in [0.2, 0.25) is 5.91 Å². The number of ketones is 1. The molecule has 1 fully saturated rings. The molecule has 5 heteroatoms. The Morgan fingerprint density at radius 1 is 1.11 bits per heavy atom. The summed E-state index contributed by atoms with van der Waals surface area (Å²) in [7, 11) is 0. The standard InChI is InChI=1S/C23H25NO4/c1-23(2)22(27)20(24-13-7-6-10-19(24)25)17-14-16(11-12-18(17)28-23)21(26)15-8-4-3-5-9-15/h3-5,8-9,11-12,14,20,22,27H,6-7,10,13H2,1-2H3/t20-,22+/m1/s1. The Kier molecular flexibility index (Phi) is 4.71. The van der Waals surface area contributed by atoms with Crippen LogP contribution >= 0.6 is 0 Å². The maximum absolute atomic E-state index is 12.9. The number of benzene rings is 2. The minimum absolute atomic E-state index is 0.0405. The second kappa shape index (κ2) is 7.06. The summed E-state index contributed by atoms with van der Waals surface area (Å²) >= 11 is 0. The van der Waals surface area contributed by atoms with Crippen molar-refractivity contribution >= 4 is 11.7 Å². The number of aliphatic hydroxyl groups is 1. The Labute approximate surface area is 164 Å². The minimum atomic E-state index is -0.885. The molecule has 1 amide bonds. The molecule has 0 saturated carbocycles. The van der Waals surface area contributed by atoms with E-state index in [2.05, 4.69) is 0 Å². The number of piperidine rings is 1. The van der Waals surface area contributed by atoms with Gasteiger partial charge >= 0.3 is 0 Å². The lowest BCUT2D eigenvalue weighted by Gasteiger charge is -2.47. The van der Waals surface area contributed by atoms with Gasteiger partial charge in [0.25, 0.3) is 0 Å². The first-order valence-electron chi connectivity index (χ1n) is 9.79. The van der Waals surface area contributed by atoms with Gasteiger partial charge in [0, 0.05) is 29.7 Å². The highest BCUT2D eigenvalue weighted by atomic mass is 16.5. The van der Waals surface area contributed by atoms with Crippen LogP contribution in [0.5, 0.6) is 5.75 Å². The first kappa shape index (κ1) is 18.7. The highest BCUT2D eigenvalue weighted by molar-refractivity contribution is 6.09. The molecule has 0 radical (unpaired) electrons. The van der Waals surface area contributed by atoms with Crippen LogP contribution in [0, 0.1) is 0 Å². The number of hydrogen-bond donors (Lipinski definition) is 1. The number of aliphatic hydroxyl groups excluding tert-OH is 1. The van der Waals surface area contributed by atoms with E-state index in [0.29, 0.717) is 35.4 Å². The highest BCUT2D eigenvalue weighted by Crippen LogP contribution is 2.44. The van der Waals surface area contributed by atoms with Gasteiger partial charge in [0.05, 0.1) is 6.04 Å². The fourth-order valence-electron chi connectivity index (χ4n) is 4.12. The molecule has 0 aromatic heterocycles. The number of likely N-dealkylation sites (tertiary alicyclic amines) is 1. The number of hydrogen-bond acceptors (Lipinski definition) is 4. The maximum Gasteiger partial charge on any atom is 0.223 e. The second-order valence-electron chi connectivity index (χ2n) is 8.09. The lowest BCUT2D eigenvalue weighted by atomic mass is 9.83. The van der Waals surface area contributed by atoms with Crippen molar-refractivity contribution in [3.05, 3.63) is 65.2 Å². The SMILES string of the molecule is CC1(C)Oc2ccc(C(=O)c3ccccc3)cc2[C@@H](N2CCCCC2=O)[C@@H]1O. The van der Waals surface area contributed by atoms with Gasteiger partial charge in [-0.1, -0.05) is 30.3 Å². The van der Waals surface area contributed by atoms with Crippen molar-refractivity contribution in [2.75, 3.05) is 6.54 Å². The topological polar surface area (TPSA) is 66.8 Å². The molecule has 5 nitrogen and oxygen atoms in total. The van der Waals surface area contributed by atoms with E-state index in [0.717, 1.165) is 12.8 Å². The molecule has 1 saturated heterocycles. The van der Waals surface area contributed by atoms with E-state index < -0.39 is 17.7 Å². The molecular formula is C23H25NO4. The molecule has 0 spiro atoms. The van der Waals surface area contributed by atoms with Crippen molar-refractivity contribution in [3.63, 3.8) is 0 Å². The number of amides is 1. The van der Waals surface area contributed by atoms with Gasteiger partial charge in [-0.05, 0) is 44.9 Å². The summed E-state index contributed by atoms with van der Waals surface area (Å²) in [4.78, 5) is 27.3. The van der Waals surface area contributed by atoms with Crippen LogP contribution in [0.4, 0.5) is 0 Å². The van der Waals surface area contributed by atoms with Gasteiger partial charge in [0.15, 0.2) is 5.78 Å². The third-order valence-corrected chi connectivity index (χ3v) is 5.71. The summed E-state index contributed by atoms with van der Waals surface area (Å²) in [5.41, 5.74) is 0.991. The quantitative estimate of drug-likeness (QED) is 0.829. The summed E-state index contributed by atoms with van der Waals surface area (Å²) < 4.78 is 6.03. The van der Waals surface area contributed by atoms with Gasteiger partial charge < -0.3 is 14.7 Å². The molecule has 0 bridgehead atoms. The van der Waals surface area contributed by atoms with Crippen LogP contribution in [0.25, 0.3) is 0 Å². The summed E-state index contributed by atoms with van der Waals surface area (Å²) in [6.45, 7) is 4.25. The number of rotatable bonds is 3. The number of fused-ring (bicyclic) bond motifs is 1. The van der Waals surface area contributed by atoms with Crippen molar-refractivity contribution in [2.45, 2.75) is 50.9 Å². The zero-order valence-corrected chi connectivity index (χ0v) is 16.2. The van der Waals surface area contributed by atoms with Crippen LogP contribution in [0.1, 0.15) is 60.6 Å². The van der Waals surface area contributed by atoms with E-state index in [4.69, 9.17) is 4.74 Å². The lowest BCUT2D eigenvalue weighted by Crippen LogP contribution is -2.55. The molecule has 0 aliphatic carbocycles. The number of ether oxygens (including phenoxy) is 1. The molecule has 4 rings (SSSR count). The Hall–Kier alpha value is -2.66. The Morgan fingerprint density at radius 2 is 1.86 bits per heavy atom. The van der Waals surface area contributed by atoms with Gasteiger partial charge in [-0.15, -0.1) is 0 Å². The average Bonchev–Trinajstić information content (AvgIpc) is 2.70. The van der Waals surface area contributed by atoms with E-state index in [1.807, 2.05) is 32.0 Å². The highest BCUT2D eigenvalue weighted by Gasteiger charge is 2.47. The first-order valence-corrected chi connectivity index (χ1v) is 9.79. The summed E-state index contributed by atoms with van der Waals surface area (Å²) in [5, 5.41) is 11.1. The minimum Gasteiger partial charge on any atom is -0.485 e. The van der Waals surface area contributed by atoms with Crippen LogP contribution in [-0.4, -0.2) is 39.9 Å². The van der Waals surface area contributed by atoms with E-state index in [1.54, 1.807) is 35.2 Å². The molecule has 146 valence electrons. The van der Waals surface area contributed by atoms with E-state index in [9.17, 15) is 14.7 Å². The molecule has 2 aromatic rings. The van der Waals surface area contributed by atoms with E-state index in [1.165, 1.54) is 0 Å². The van der Waals surface area contributed by atoms with Gasteiger partial charge in [-0.3, -0.25) is 9.59 Å². The maximum atomic E-state index is 12.9. The van der Waals surface area contributed by atoms with Crippen LogP contribution in [0.3, 0.4) is 0 Å². The van der Waals surface area contributed by atoms with Crippen molar-refractivity contribution in [2.24, 2.45) is 0 Å². The number of nitrogens with zero attached hydrogens (tertiary/aromatic N) is 1. The fourth-order valence-corrected chi connectivity index (χ4v) is 4.12. The third-order valence-electron chi connectivity index (χ3n) is 5.71. The monoisotopic (exact) mass is 379 g/mol. The van der Waals surface area contributed by atoms with Crippen LogP contribution in [-0.2, 0) is 4.79 Å². The normalized spacial score (nSPS) is 23.7. The molecular weight excluding hydrogens is 354 g/mol. The summed E-state index contributed by atoms with van der Waals surface area (Å²) in [6.07, 6.45) is 1.39. The van der Waals surface area contributed by atoms with Crippen LogP contribution in [0.15, 0.2) is 48.5 Å². The Balaban J connectivity index is 1.78. The average molecular weight is 379 g/mol. The molecule has 2 heterocycles. The van der Waals surface area contributed by atoms with Crippen LogP contribution < -0.4 is 4.74 Å². The molecule has 2 atom stereocenters. The van der Waals surface area contributed by atoms with Gasteiger partial charge in [-0.25, -0.2) is 0 Å². The molecule has 1 N–H and O–H groups in total. The summed E-state index contributed by atoms with van der Waals surface area (Å²) in [5.74, 6) is 0.563. The molecule has 2 aliphatic heterocycles. The zero-order valence-electron chi connectivity index (χ0n) is 16.2. The zero-order chi connectivity index (χ0) is 19.9. The van der Waals surface area contributed by atoms with Crippen molar-refractivity contribution in [1.29, 1.82) is 0 Å². The molecule has 2 aromatic carbocycles. The predicted octanol–water partition coefficient (Wildman–Crippen LogP) is 3.50. The second-order valence-corrected chi connectivity index (χ2v) is 8.09. The van der Waals surface area contributed by atoms with Crippen molar-refractivity contribution in [1.82, 2.24) is 4.90 Å². The fraction of sp³-hybridized carbons (Fsp3) is 0.391. The predicted molar refractivity (Wildman–Crippen MR) is 105 cm³/mol.